The smallest absolute Gasteiger partial charge is 0.277 e. The molecule has 0 spiro atoms. The third-order valence-corrected chi connectivity index (χ3v) is 3.61. The van der Waals surface area contributed by atoms with E-state index < -0.39 is 0 Å². The number of nitrogens with two attached hydrogens (primary N) is 1. The van der Waals surface area contributed by atoms with Gasteiger partial charge in [-0.1, -0.05) is 12.2 Å². The molecule has 3 N–H and O–H groups in total. The predicted octanol–water partition coefficient (Wildman–Crippen LogP) is 1.57. The Morgan fingerprint density at radius 1 is 1.23 bits per heavy atom. The first kappa shape index (κ1) is 16.1. The summed E-state index contributed by atoms with van der Waals surface area (Å²) >= 11 is 4.91. The largest absolute Gasteiger partial charge is 0.388 e. The molecule has 1 heterocycles. The van der Waals surface area contributed by atoms with Gasteiger partial charge in [0.15, 0.2) is 11.5 Å². The van der Waals surface area contributed by atoms with Crippen LogP contribution in [0.4, 0.5) is 5.69 Å². The van der Waals surface area contributed by atoms with Crippen molar-refractivity contribution in [3.8, 4) is 0 Å². The number of carbonyl (C=O) groups excluding carboxylic acids is 2. The molecular formula is C15H18N4O2S. The van der Waals surface area contributed by atoms with E-state index in [9.17, 15) is 9.59 Å². The summed E-state index contributed by atoms with van der Waals surface area (Å²) in [6.07, 6.45) is 1.96. The highest BCUT2D eigenvalue weighted by Gasteiger charge is 2.24. The highest BCUT2D eigenvalue weighted by molar-refractivity contribution is 7.82. The van der Waals surface area contributed by atoms with Crippen molar-refractivity contribution in [3.05, 3.63) is 29.8 Å². The van der Waals surface area contributed by atoms with Crippen LogP contribution < -0.4 is 11.2 Å². The number of nitrogens with zero attached hydrogens (tertiary/aromatic N) is 2. The van der Waals surface area contributed by atoms with Gasteiger partial charge in [0.05, 0.1) is 5.69 Å². The van der Waals surface area contributed by atoms with E-state index in [1.807, 2.05) is 0 Å². The van der Waals surface area contributed by atoms with E-state index in [0.717, 1.165) is 12.8 Å². The molecule has 0 saturated carbocycles. The maximum Gasteiger partial charge on any atom is 0.277 e. The third kappa shape index (κ3) is 3.88. The molecule has 0 aromatic heterocycles. The van der Waals surface area contributed by atoms with Gasteiger partial charge in [-0.15, -0.1) is 0 Å². The Morgan fingerprint density at radius 3 is 2.32 bits per heavy atom. The Hall–Kier alpha value is -2.28. The Bertz CT molecular complexity index is 619. The van der Waals surface area contributed by atoms with Crippen LogP contribution in [-0.4, -0.2) is 40.4 Å². The number of anilines is 1. The van der Waals surface area contributed by atoms with Gasteiger partial charge in [0.2, 0.25) is 0 Å². The normalized spacial score (nSPS) is 14.8. The lowest BCUT2D eigenvalue weighted by Crippen LogP contribution is -2.40. The number of rotatable bonds is 5. The number of amides is 1. The lowest BCUT2D eigenvalue weighted by molar-refractivity contribution is -0.122. The third-order valence-electron chi connectivity index (χ3n) is 3.42. The van der Waals surface area contributed by atoms with Gasteiger partial charge in [0, 0.05) is 18.7 Å². The van der Waals surface area contributed by atoms with Crippen LogP contribution in [0.2, 0.25) is 0 Å². The van der Waals surface area contributed by atoms with E-state index in [1.165, 1.54) is 6.92 Å². The van der Waals surface area contributed by atoms with Crippen molar-refractivity contribution < 1.29 is 9.59 Å². The van der Waals surface area contributed by atoms with Crippen molar-refractivity contribution in [2.45, 2.75) is 19.8 Å². The van der Waals surface area contributed by atoms with Gasteiger partial charge in [-0.2, -0.15) is 5.10 Å². The average molecular weight is 318 g/mol. The summed E-state index contributed by atoms with van der Waals surface area (Å²) in [6.45, 7) is 2.90. The molecule has 0 aliphatic carbocycles. The zero-order valence-electron chi connectivity index (χ0n) is 12.3. The summed E-state index contributed by atoms with van der Waals surface area (Å²) in [4.78, 5) is 25.2. The summed E-state index contributed by atoms with van der Waals surface area (Å²) in [7, 11) is 0. The summed E-state index contributed by atoms with van der Waals surface area (Å²) in [6, 6.07) is 6.78. The lowest BCUT2D eigenvalue weighted by atomic mass is 10.1. The number of hydrazone groups is 1. The molecule has 0 unspecified atom stereocenters. The fourth-order valence-corrected chi connectivity index (χ4v) is 2.31. The quantitative estimate of drug-likeness (QED) is 0.372. The molecule has 0 bridgehead atoms. The number of Topliss-reactive ketones (excluding diaryl/α,β-unsaturated/α-hetero) is 1. The number of benzene rings is 1. The van der Waals surface area contributed by atoms with E-state index in [0.29, 0.717) is 24.3 Å². The first-order chi connectivity index (χ1) is 10.5. The second kappa shape index (κ2) is 7.13. The van der Waals surface area contributed by atoms with Crippen LogP contribution in [-0.2, 0) is 4.79 Å². The van der Waals surface area contributed by atoms with E-state index in [4.69, 9.17) is 18.0 Å². The van der Waals surface area contributed by atoms with E-state index in [-0.39, 0.29) is 22.4 Å². The van der Waals surface area contributed by atoms with Crippen molar-refractivity contribution in [1.82, 2.24) is 4.90 Å². The molecule has 7 heteroatoms. The van der Waals surface area contributed by atoms with Gasteiger partial charge >= 0.3 is 0 Å². The van der Waals surface area contributed by atoms with Gasteiger partial charge in [-0.25, -0.2) is 0 Å². The number of hydrogen-bond donors (Lipinski definition) is 2. The Balaban J connectivity index is 2.11. The minimum atomic E-state index is -0.252. The first-order valence-electron chi connectivity index (χ1n) is 7.03. The number of thiocarbonyl (C=S) groups is 1. The van der Waals surface area contributed by atoms with Gasteiger partial charge in [-0.3, -0.25) is 15.0 Å². The van der Waals surface area contributed by atoms with E-state index in [2.05, 4.69) is 10.5 Å². The molecule has 1 fully saturated rings. The molecule has 0 atom stereocenters. The highest BCUT2D eigenvalue weighted by atomic mass is 32.1. The highest BCUT2D eigenvalue weighted by Crippen LogP contribution is 2.11. The Labute approximate surface area is 134 Å². The minimum Gasteiger partial charge on any atom is -0.388 e. The Kier molecular flexibility index (Phi) is 5.21. The minimum absolute atomic E-state index is 0.0110. The van der Waals surface area contributed by atoms with Crippen LogP contribution in [0.25, 0.3) is 0 Å². The lowest BCUT2D eigenvalue weighted by Gasteiger charge is -2.16. The van der Waals surface area contributed by atoms with Crippen LogP contribution in [0, 0.1) is 0 Å². The van der Waals surface area contributed by atoms with Crippen molar-refractivity contribution in [2.24, 2.45) is 10.8 Å². The summed E-state index contributed by atoms with van der Waals surface area (Å²) in [5, 5.41) is 4.04. The number of ketones is 1. The molecule has 1 aliphatic heterocycles. The number of carbonyl (C=O) groups is 2. The first-order valence-corrected chi connectivity index (χ1v) is 7.43. The summed E-state index contributed by atoms with van der Waals surface area (Å²) < 4.78 is 0. The molecule has 0 radical (unpaired) electrons. The van der Waals surface area contributed by atoms with Crippen molar-refractivity contribution >= 4 is 40.3 Å². The molecule has 6 nitrogen and oxygen atoms in total. The monoisotopic (exact) mass is 318 g/mol. The maximum atomic E-state index is 12.3. The van der Waals surface area contributed by atoms with Crippen molar-refractivity contribution in [3.63, 3.8) is 0 Å². The predicted molar refractivity (Wildman–Crippen MR) is 90.1 cm³/mol. The van der Waals surface area contributed by atoms with E-state index >= 15 is 0 Å². The maximum absolute atomic E-state index is 12.3. The molecule has 1 saturated heterocycles. The average Bonchev–Trinajstić information content (AvgIpc) is 3.01. The summed E-state index contributed by atoms with van der Waals surface area (Å²) in [5.41, 5.74) is 9.66. The Morgan fingerprint density at radius 2 is 1.82 bits per heavy atom. The number of likely N-dealkylation sites (tertiary alicyclic amines) is 1. The van der Waals surface area contributed by atoms with Crippen LogP contribution in [0.3, 0.4) is 0 Å². The topological polar surface area (TPSA) is 87.8 Å². The molecule has 1 aromatic rings. The van der Waals surface area contributed by atoms with Crippen LogP contribution in [0.5, 0.6) is 0 Å². The molecular weight excluding hydrogens is 300 g/mol. The van der Waals surface area contributed by atoms with Gasteiger partial charge < -0.3 is 10.6 Å². The van der Waals surface area contributed by atoms with Gasteiger partial charge in [0.25, 0.3) is 5.91 Å². The second-order valence-electron chi connectivity index (χ2n) is 5.07. The molecule has 22 heavy (non-hydrogen) atoms. The fraction of sp³-hybridized carbons (Fsp3) is 0.333. The molecule has 1 aromatic carbocycles. The van der Waals surface area contributed by atoms with Crippen molar-refractivity contribution in [2.75, 3.05) is 18.5 Å². The zero-order chi connectivity index (χ0) is 16.1. The van der Waals surface area contributed by atoms with Crippen molar-refractivity contribution in [1.29, 1.82) is 0 Å². The van der Waals surface area contributed by atoms with E-state index in [1.54, 1.807) is 29.2 Å². The summed E-state index contributed by atoms with van der Waals surface area (Å²) in [5.74, 6) is -0.263. The zero-order valence-corrected chi connectivity index (χ0v) is 13.2. The van der Waals surface area contributed by atoms with Crippen LogP contribution in [0.15, 0.2) is 29.4 Å². The number of nitrogens with one attached hydrogen (secondary N) is 1. The van der Waals surface area contributed by atoms with Crippen LogP contribution >= 0.6 is 12.2 Å². The van der Waals surface area contributed by atoms with Gasteiger partial charge in [0.1, 0.15) is 4.99 Å². The molecule has 1 aliphatic rings. The van der Waals surface area contributed by atoms with Crippen LogP contribution in [0.1, 0.15) is 30.1 Å². The SMILES string of the molecule is CC(=O)c1ccc(NN=C(C(=O)N2CCCC2)C(N)=S)cc1. The number of hydrogen-bond acceptors (Lipinski definition) is 5. The molecule has 2 rings (SSSR count). The van der Waals surface area contributed by atoms with Gasteiger partial charge in [-0.05, 0) is 44.0 Å². The molecule has 1 amide bonds. The second-order valence-corrected chi connectivity index (χ2v) is 5.51. The fourth-order valence-electron chi connectivity index (χ4n) is 2.18. The molecule has 116 valence electrons. The standard InChI is InChI=1S/C15H18N4O2S/c1-10(20)11-4-6-12(7-5-11)17-18-13(14(16)22)15(21)19-8-2-3-9-19/h4-7,17H,2-3,8-9H2,1H3,(H2,16,22).